The van der Waals surface area contributed by atoms with Crippen LogP contribution in [0.4, 0.5) is 13.2 Å². The molecule has 0 saturated carbocycles. The van der Waals surface area contributed by atoms with Crippen molar-refractivity contribution in [3.8, 4) is 5.75 Å². The highest BCUT2D eigenvalue weighted by Gasteiger charge is 2.27. The summed E-state index contributed by atoms with van der Waals surface area (Å²) in [6, 6.07) is 7.58. The van der Waals surface area contributed by atoms with Gasteiger partial charge in [0.1, 0.15) is 12.4 Å². The van der Waals surface area contributed by atoms with Gasteiger partial charge < -0.3 is 14.8 Å². The number of hydrogen-bond acceptors (Lipinski definition) is 3. The normalized spacial score (nSPS) is 13.2. The van der Waals surface area contributed by atoms with Crippen LogP contribution in [0.15, 0.2) is 24.3 Å². The van der Waals surface area contributed by atoms with Crippen LogP contribution in [0.25, 0.3) is 0 Å². The third kappa shape index (κ3) is 7.92. The molecule has 0 bridgehead atoms. The second kappa shape index (κ2) is 8.89. The minimum atomic E-state index is -4.27. The van der Waals surface area contributed by atoms with Crippen LogP contribution >= 0.6 is 0 Å². The fraction of sp³-hybridized carbons (Fsp3) is 0.600. The van der Waals surface area contributed by atoms with Gasteiger partial charge in [-0.2, -0.15) is 13.2 Å². The standard InChI is InChI=1S/C15H22F3NO2/c1-3-19-13(10-21-11-15(16,17)18)7-4-12-5-8-14(20-2)9-6-12/h5-6,8-9,13,19H,3-4,7,10-11H2,1-2H3. The van der Waals surface area contributed by atoms with Gasteiger partial charge in [0.2, 0.25) is 0 Å². The lowest BCUT2D eigenvalue weighted by Gasteiger charge is -2.18. The molecule has 120 valence electrons. The van der Waals surface area contributed by atoms with Gasteiger partial charge in [0.15, 0.2) is 0 Å². The molecule has 0 amide bonds. The van der Waals surface area contributed by atoms with Crippen molar-refractivity contribution in [2.45, 2.75) is 32.0 Å². The van der Waals surface area contributed by atoms with Crippen molar-refractivity contribution in [2.75, 3.05) is 26.9 Å². The number of rotatable bonds is 9. The van der Waals surface area contributed by atoms with Crippen LogP contribution in [0.5, 0.6) is 5.75 Å². The highest BCUT2D eigenvalue weighted by molar-refractivity contribution is 5.27. The molecular formula is C15H22F3NO2. The Morgan fingerprint density at radius 3 is 2.38 bits per heavy atom. The van der Waals surface area contributed by atoms with Gasteiger partial charge in [-0.15, -0.1) is 0 Å². The average Bonchev–Trinajstić information content (AvgIpc) is 2.44. The molecule has 3 nitrogen and oxygen atoms in total. The minimum absolute atomic E-state index is 0.0590. The lowest BCUT2D eigenvalue weighted by Crippen LogP contribution is -2.35. The van der Waals surface area contributed by atoms with Gasteiger partial charge in [-0.05, 0) is 37.1 Å². The number of alkyl halides is 3. The topological polar surface area (TPSA) is 30.5 Å². The van der Waals surface area contributed by atoms with Gasteiger partial charge in [0.25, 0.3) is 0 Å². The van der Waals surface area contributed by atoms with Gasteiger partial charge in [-0.1, -0.05) is 19.1 Å². The molecule has 1 atom stereocenters. The van der Waals surface area contributed by atoms with E-state index in [9.17, 15) is 13.2 Å². The summed E-state index contributed by atoms with van der Waals surface area (Å²) in [5.74, 6) is 0.787. The number of aryl methyl sites for hydroxylation is 1. The molecule has 21 heavy (non-hydrogen) atoms. The lowest BCUT2D eigenvalue weighted by molar-refractivity contribution is -0.175. The first-order valence-electron chi connectivity index (χ1n) is 6.95. The summed E-state index contributed by atoms with van der Waals surface area (Å²) >= 11 is 0. The maximum Gasteiger partial charge on any atom is 0.411 e. The Morgan fingerprint density at radius 2 is 1.86 bits per heavy atom. The Kier molecular flexibility index (Phi) is 7.53. The molecule has 0 aromatic heterocycles. The summed E-state index contributed by atoms with van der Waals surface area (Å²) in [6.45, 7) is 1.48. The van der Waals surface area contributed by atoms with Crippen molar-refractivity contribution in [3.63, 3.8) is 0 Å². The largest absolute Gasteiger partial charge is 0.497 e. The summed E-state index contributed by atoms with van der Waals surface area (Å²) in [5.41, 5.74) is 1.12. The van der Waals surface area contributed by atoms with Crippen LogP contribution in [-0.4, -0.2) is 39.1 Å². The molecule has 1 aromatic carbocycles. The fourth-order valence-electron chi connectivity index (χ4n) is 1.98. The van der Waals surface area contributed by atoms with Crippen molar-refractivity contribution in [1.82, 2.24) is 5.32 Å². The molecule has 0 heterocycles. The van der Waals surface area contributed by atoms with Crippen molar-refractivity contribution in [3.05, 3.63) is 29.8 Å². The molecule has 0 saturated heterocycles. The van der Waals surface area contributed by atoms with E-state index >= 15 is 0 Å². The van der Waals surface area contributed by atoms with E-state index in [2.05, 4.69) is 5.32 Å². The number of methoxy groups -OCH3 is 1. The maximum atomic E-state index is 12.1. The number of nitrogens with one attached hydrogen (secondary N) is 1. The zero-order chi connectivity index (χ0) is 15.7. The number of halogens is 3. The summed E-state index contributed by atoms with van der Waals surface area (Å²) in [6.07, 6.45) is -2.78. The van der Waals surface area contributed by atoms with Crippen molar-refractivity contribution < 1.29 is 22.6 Å². The van der Waals surface area contributed by atoms with E-state index < -0.39 is 12.8 Å². The summed E-state index contributed by atoms with van der Waals surface area (Å²) in [7, 11) is 1.61. The molecule has 0 radical (unpaired) electrons. The van der Waals surface area contributed by atoms with Crippen LogP contribution in [0.2, 0.25) is 0 Å². The maximum absolute atomic E-state index is 12.1. The number of likely N-dealkylation sites (N-methyl/N-ethyl adjacent to an activating group) is 1. The molecule has 0 spiro atoms. The second-order valence-corrected chi connectivity index (χ2v) is 4.77. The van der Waals surface area contributed by atoms with E-state index in [-0.39, 0.29) is 12.6 Å². The fourth-order valence-corrected chi connectivity index (χ4v) is 1.98. The van der Waals surface area contributed by atoms with Crippen molar-refractivity contribution >= 4 is 0 Å². The predicted molar refractivity (Wildman–Crippen MR) is 75.7 cm³/mol. The third-order valence-corrected chi connectivity index (χ3v) is 3.02. The van der Waals surface area contributed by atoms with E-state index in [1.807, 2.05) is 31.2 Å². The molecule has 0 aliphatic rings. The van der Waals surface area contributed by atoms with E-state index in [0.717, 1.165) is 24.2 Å². The van der Waals surface area contributed by atoms with E-state index in [1.165, 1.54) is 0 Å². The van der Waals surface area contributed by atoms with Gasteiger partial charge in [-0.3, -0.25) is 0 Å². The number of ether oxygens (including phenoxy) is 2. The monoisotopic (exact) mass is 305 g/mol. The van der Waals surface area contributed by atoms with Crippen molar-refractivity contribution in [2.24, 2.45) is 0 Å². The van der Waals surface area contributed by atoms with E-state index in [4.69, 9.17) is 9.47 Å². The predicted octanol–water partition coefficient (Wildman–Crippen LogP) is 3.18. The lowest BCUT2D eigenvalue weighted by atomic mass is 10.1. The molecule has 1 unspecified atom stereocenters. The molecular weight excluding hydrogens is 283 g/mol. The quantitative estimate of drug-likeness (QED) is 0.760. The van der Waals surface area contributed by atoms with Crippen LogP contribution in [-0.2, 0) is 11.2 Å². The Bertz CT molecular complexity index is 393. The van der Waals surface area contributed by atoms with Gasteiger partial charge >= 0.3 is 6.18 Å². The van der Waals surface area contributed by atoms with Crippen LogP contribution < -0.4 is 10.1 Å². The molecule has 0 aliphatic carbocycles. The van der Waals surface area contributed by atoms with Crippen LogP contribution in [0.1, 0.15) is 18.9 Å². The van der Waals surface area contributed by atoms with Crippen LogP contribution in [0.3, 0.4) is 0 Å². The van der Waals surface area contributed by atoms with Gasteiger partial charge in [-0.25, -0.2) is 0 Å². The Morgan fingerprint density at radius 1 is 1.19 bits per heavy atom. The zero-order valence-electron chi connectivity index (χ0n) is 12.4. The Balaban J connectivity index is 2.38. The molecule has 0 aliphatic heterocycles. The highest BCUT2D eigenvalue weighted by Crippen LogP contribution is 2.16. The van der Waals surface area contributed by atoms with E-state index in [1.54, 1.807) is 7.11 Å². The number of benzene rings is 1. The average molecular weight is 305 g/mol. The first kappa shape index (κ1) is 17.8. The van der Waals surface area contributed by atoms with Gasteiger partial charge in [0.05, 0.1) is 13.7 Å². The summed E-state index contributed by atoms with van der Waals surface area (Å²) < 4.78 is 46.0. The zero-order valence-corrected chi connectivity index (χ0v) is 12.4. The van der Waals surface area contributed by atoms with Gasteiger partial charge in [0, 0.05) is 6.04 Å². The first-order chi connectivity index (χ1) is 9.94. The summed E-state index contributed by atoms with van der Waals surface area (Å²) in [4.78, 5) is 0. The molecule has 1 aromatic rings. The summed E-state index contributed by atoms with van der Waals surface area (Å²) in [5, 5.41) is 3.14. The highest BCUT2D eigenvalue weighted by atomic mass is 19.4. The molecule has 1 N–H and O–H groups in total. The first-order valence-corrected chi connectivity index (χ1v) is 6.95. The van der Waals surface area contributed by atoms with Crippen molar-refractivity contribution in [1.29, 1.82) is 0 Å². The Labute approximate surface area is 123 Å². The molecule has 0 fully saturated rings. The SMILES string of the molecule is CCNC(CCc1ccc(OC)cc1)COCC(F)(F)F. The second-order valence-electron chi connectivity index (χ2n) is 4.77. The van der Waals surface area contributed by atoms with E-state index in [0.29, 0.717) is 6.54 Å². The third-order valence-electron chi connectivity index (χ3n) is 3.02. The number of hydrogen-bond donors (Lipinski definition) is 1. The molecule has 6 heteroatoms. The molecule has 1 rings (SSSR count). The minimum Gasteiger partial charge on any atom is -0.497 e. The smallest absolute Gasteiger partial charge is 0.411 e. The Hall–Kier alpha value is -1.27. The van der Waals surface area contributed by atoms with Crippen LogP contribution in [0, 0.1) is 0 Å².